The third-order valence-corrected chi connectivity index (χ3v) is 4.78. The van der Waals surface area contributed by atoms with E-state index >= 15 is 0 Å². The number of carbonyl (C=O) groups excluding carboxylic acids is 1. The molecule has 4 aromatic rings. The molecule has 0 spiro atoms. The summed E-state index contributed by atoms with van der Waals surface area (Å²) in [7, 11) is 0. The third-order valence-electron chi connectivity index (χ3n) is 4.78. The Morgan fingerprint density at radius 3 is 2.63 bits per heavy atom. The molecule has 3 N–H and O–H groups in total. The second kappa shape index (κ2) is 10.0. The van der Waals surface area contributed by atoms with Gasteiger partial charge in [0.15, 0.2) is 12.4 Å². The number of nitrogens with zero attached hydrogens (tertiary/aromatic N) is 3. The zero-order valence-electron chi connectivity index (χ0n) is 20.5. The number of nitrogens with one attached hydrogen (secondary N) is 3. The first-order valence-electron chi connectivity index (χ1n) is 11.4. The summed E-state index contributed by atoms with van der Waals surface area (Å²) in [5.74, 6) is 2.25. The van der Waals surface area contributed by atoms with Gasteiger partial charge in [0.2, 0.25) is 0 Å². The van der Waals surface area contributed by atoms with Crippen LogP contribution in [0, 0.1) is 0 Å². The lowest BCUT2D eigenvalue weighted by Gasteiger charge is -2.20. The van der Waals surface area contributed by atoms with Crippen molar-refractivity contribution < 1.29 is 14.3 Å². The number of fused-ring (bicyclic) bond motifs is 1. The number of benzene rings is 2. The number of aromatic nitrogens is 4. The first-order valence-corrected chi connectivity index (χ1v) is 11.4. The van der Waals surface area contributed by atoms with Crippen LogP contribution in [0.1, 0.15) is 34.6 Å². The molecule has 0 aliphatic rings. The lowest BCUT2D eigenvalue weighted by molar-refractivity contribution is -0.124. The lowest BCUT2D eigenvalue weighted by Crippen LogP contribution is -2.43. The fourth-order valence-corrected chi connectivity index (χ4v) is 3.46. The summed E-state index contributed by atoms with van der Waals surface area (Å²) in [6.45, 7) is 9.67. The van der Waals surface area contributed by atoms with Crippen molar-refractivity contribution in [2.75, 3.05) is 11.9 Å². The quantitative estimate of drug-likeness (QED) is 0.335. The molecule has 4 rings (SSSR count). The van der Waals surface area contributed by atoms with Crippen molar-refractivity contribution in [2.45, 2.75) is 46.3 Å². The predicted molar refractivity (Wildman–Crippen MR) is 136 cm³/mol. The number of hydrogen-bond acceptors (Lipinski definition) is 7. The molecule has 0 aliphatic heterocycles. The van der Waals surface area contributed by atoms with Crippen molar-refractivity contribution in [2.24, 2.45) is 0 Å². The Kier molecular flexibility index (Phi) is 6.86. The van der Waals surface area contributed by atoms with Gasteiger partial charge in [-0.3, -0.25) is 9.89 Å². The van der Waals surface area contributed by atoms with Crippen molar-refractivity contribution in [3.8, 4) is 22.9 Å². The monoisotopic (exact) mass is 474 g/mol. The summed E-state index contributed by atoms with van der Waals surface area (Å²) in [5, 5.41) is 13.8. The molecule has 0 saturated carbocycles. The van der Waals surface area contributed by atoms with Crippen LogP contribution in [0.25, 0.3) is 22.3 Å². The second-order valence-corrected chi connectivity index (χ2v) is 9.47. The molecule has 0 atom stereocenters. The highest BCUT2D eigenvalue weighted by Gasteiger charge is 2.15. The van der Waals surface area contributed by atoms with Gasteiger partial charge in [-0.1, -0.05) is 12.1 Å². The maximum Gasteiger partial charge on any atom is 0.258 e. The highest BCUT2D eigenvalue weighted by atomic mass is 16.5. The molecule has 2 aromatic carbocycles. The first-order chi connectivity index (χ1) is 16.7. The normalized spacial score (nSPS) is 11.5. The zero-order valence-corrected chi connectivity index (χ0v) is 20.5. The van der Waals surface area contributed by atoms with Gasteiger partial charge in [-0.05, 0) is 65.0 Å². The van der Waals surface area contributed by atoms with Gasteiger partial charge in [0, 0.05) is 22.7 Å². The Morgan fingerprint density at radius 1 is 1.09 bits per heavy atom. The van der Waals surface area contributed by atoms with Crippen LogP contribution in [0.3, 0.4) is 0 Å². The number of ether oxygens (including phenoxy) is 2. The molecule has 0 unspecified atom stereocenters. The standard InChI is InChI=1S/C26H30N6O3/c1-16(2)35-20-9-10-22-21(12-20)25(29-18-13-27-28-14-18)31-24(30-22)17-7-6-8-19(11-17)34-15-23(33)32-26(3,4)5/h6-14,16H,15H2,1-5H3,(H,27,28)(H,32,33)(H,29,30,31). The minimum Gasteiger partial charge on any atom is -0.491 e. The van der Waals surface area contributed by atoms with E-state index in [4.69, 9.17) is 19.4 Å². The summed E-state index contributed by atoms with van der Waals surface area (Å²) in [6.07, 6.45) is 3.48. The van der Waals surface area contributed by atoms with Crippen LogP contribution in [0.15, 0.2) is 54.9 Å². The molecule has 1 amide bonds. The molecular formula is C26H30N6O3. The number of H-pyrrole nitrogens is 1. The van der Waals surface area contributed by atoms with Gasteiger partial charge in [-0.25, -0.2) is 9.97 Å². The van der Waals surface area contributed by atoms with Gasteiger partial charge in [0.1, 0.15) is 17.3 Å². The van der Waals surface area contributed by atoms with Crippen LogP contribution in [0.2, 0.25) is 0 Å². The van der Waals surface area contributed by atoms with Crippen LogP contribution in [-0.2, 0) is 4.79 Å². The topological polar surface area (TPSA) is 114 Å². The van der Waals surface area contributed by atoms with Crippen LogP contribution in [0.5, 0.6) is 11.5 Å². The Bertz CT molecular complexity index is 1310. The van der Waals surface area contributed by atoms with E-state index in [2.05, 4.69) is 20.8 Å². The summed E-state index contributed by atoms with van der Waals surface area (Å²) >= 11 is 0. The van der Waals surface area contributed by atoms with Crippen molar-refractivity contribution in [3.63, 3.8) is 0 Å². The number of carbonyl (C=O) groups is 1. The molecule has 0 saturated heterocycles. The van der Waals surface area contributed by atoms with Crippen LogP contribution < -0.4 is 20.1 Å². The Labute approximate surface area is 204 Å². The van der Waals surface area contributed by atoms with E-state index in [9.17, 15) is 4.79 Å². The molecular weight excluding hydrogens is 444 g/mol. The molecule has 182 valence electrons. The Hall–Kier alpha value is -4.14. The van der Waals surface area contributed by atoms with E-state index in [1.54, 1.807) is 18.5 Å². The lowest BCUT2D eigenvalue weighted by atomic mass is 10.1. The van der Waals surface area contributed by atoms with Crippen molar-refractivity contribution >= 4 is 28.3 Å². The average molecular weight is 475 g/mol. The molecule has 2 heterocycles. The molecule has 0 bridgehead atoms. The van der Waals surface area contributed by atoms with Gasteiger partial charge < -0.3 is 20.1 Å². The van der Waals surface area contributed by atoms with Gasteiger partial charge in [0.05, 0.1) is 23.5 Å². The van der Waals surface area contributed by atoms with E-state index < -0.39 is 0 Å². The van der Waals surface area contributed by atoms with Crippen LogP contribution in [0.4, 0.5) is 11.5 Å². The minimum absolute atomic E-state index is 0.0474. The third kappa shape index (κ3) is 6.47. The highest BCUT2D eigenvalue weighted by Crippen LogP contribution is 2.31. The fourth-order valence-electron chi connectivity index (χ4n) is 3.46. The summed E-state index contributed by atoms with van der Waals surface area (Å²) in [5.41, 5.74) is 1.97. The second-order valence-electron chi connectivity index (χ2n) is 9.47. The summed E-state index contributed by atoms with van der Waals surface area (Å²) < 4.78 is 11.6. The van der Waals surface area contributed by atoms with E-state index in [1.165, 1.54) is 0 Å². The highest BCUT2D eigenvalue weighted by molar-refractivity contribution is 5.93. The van der Waals surface area contributed by atoms with E-state index in [1.807, 2.05) is 71.0 Å². The average Bonchev–Trinajstić information content (AvgIpc) is 3.30. The van der Waals surface area contributed by atoms with Crippen molar-refractivity contribution in [3.05, 3.63) is 54.9 Å². The van der Waals surface area contributed by atoms with Gasteiger partial charge in [0.25, 0.3) is 5.91 Å². The Morgan fingerprint density at radius 2 is 1.91 bits per heavy atom. The molecule has 0 radical (unpaired) electrons. The van der Waals surface area contributed by atoms with E-state index in [0.29, 0.717) is 17.4 Å². The fraction of sp³-hybridized carbons (Fsp3) is 0.308. The zero-order chi connectivity index (χ0) is 25.0. The molecule has 9 nitrogen and oxygen atoms in total. The van der Waals surface area contributed by atoms with Crippen LogP contribution >= 0.6 is 0 Å². The number of amides is 1. The summed E-state index contributed by atoms with van der Waals surface area (Å²) in [6, 6.07) is 13.1. The number of anilines is 2. The number of hydrogen-bond donors (Lipinski definition) is 3. The molecule has 9 heteroatoms. The first kappa shape index (κ1) is 24.0. The number of rotatable bonds is 8. The maximum atomic E-state index is 12.1. The summed E-state index contributed by atoms with van der Waals surface area (Å²) in [4.78, 5) is 21.7. The van der Waals surface area contributed by atoms with Gasteiger partial charge in [-0.2, -0.15) is 5.10 Å². The maximum absolute atomic E-state index is 12.1. The smallest absolute Gasteiger partial charge is 0.258 e. The molecule has 0 fully saturated rings. The Balaban J connectivity index is 1.66. The predicted octanol–water partition coefficient (Wildman–Crippen LogP) is 4.84. The SMILES string of the molecule is CC(C)Oc1ccc2nc(-c3cccc(OCC(=O)NC(C)(C)C)c3)nc(Nc3cn[nH]c3)c2c1. The van der Waals surface area contributed by atoms with Gasteiger partial charge >= 0.3 is 0 Å². The van der Waals surface area contributed by atoms with Crippen molar-refractivity contribution in [1.82, 2.24) is 25.5 Å². The largest absolute Gasteiger partial charge is 0.491 e. The van der Waals surface area contributed by atoms with E-state index in [0.717, 1.165) is 27.9 Å². The molecule has 2 aromatic heterocycles. The molecule has 35 heavy (non-hydrogen) atoms. The van der Waals surface area contributed by atoms with Crippen LogP contribution in [-0.4, -0.2) is 44.3 Å². The molecule has 0 aliphatic carbocycles. The van der Waals surface area contributed by atoms with E-state index in [-0.39, 0.29) is 24.2 Å². The minimum atomic E-state index is -0.320. The number of aromatic amines is 1. The van der Waals surface area contributed by atoms with Crippen molar-refractivity contribution in [1.29, 1.82) is 0 Å². The van der Waals surface area contributed by atoms with Gasteiger partial charge in [-0.15, -0.1) is 0 Å².